The molecule has 33 heavy (non-hydrogen) atoms. The second kappa shape index (κ2) is 9.36. The summed E-state index contributed by atoms with van der Waals surface area (Å²) in [5.41, 5.74) is 3.88. The van der Waals surface area contributed by atoms with E-state index in [1.165, 1.54) is 30.1 Å². The van der Waals surface area contributed by atoms with Crippen LogP contribution in [0.25, 0.3) is 10.9 Å². The normalized spacial score (nSPS) is 11.7. The van der Waals surface area contributed by atoms with Crippen molar-refractivity contribution >= 4 is 34.2 Å². The molecular formula is C24H21F4N3OS. The largest absolute Gasteiger partial charge is 0.573 e. The number of nitrogens with one attached hydrogen (secondary N) is 2. The van der Waals surface area contributed by atoms with Crippen LogP contribution in [0.2, 0.25) is 0 Å². The van der Waals surface area contributed by atoms with Gasteiger partial charge in [-0.05, 0) is 85.6 Å². The number of benzene rings is 3. The van der Waals surface area contributed by atoms with Crippen LogP contribution in [-0.4, -0.2) is 17.4 Å². The Morgan fingerprint density at radius 1 is 1.00 bits per heavy atom. The Kier molecular flexibility index (Phi) is 6.53. The van der Waals surface area contributed by atoms with E-state index in [4.69, 9.17) is 0 Å². The number of rotatable bonds is 7. The maximum Gasteiger partial charge on any atom is 0.573 e. The minimum atomic E-state index is -4.73. The molecule has 1 aromatic heterocycles. The van der Waals surface area contributed by atoms with Gasteiger partial charge in [-0.1, -0.05) is 12.1 Å². The molecule has 4 rings (SSSR count). The smallest absolute Gasteiger partial charge is 0.406 e. The average molecular weight is 476 g/mol. The summed E-state index contributed by atoms with van der Waals surface area (Å²) in [6.07, 6.45) is -2.75. The van der Waals surface area contributed by atoms with Gasteiger partial charge >= 0.3 is 6.36 Å². The van der Waals surface area contributed by atoms with Crippen molar-refractivity contribution in [3.63, 3.8) is 0 Å². The molecule has 2 N–H and O–H groups in total. The number of hydrogen-bond acceptors (Lipinski definition) is 4. The van der Waals surface area contributed by atoms with Gasteiger partial charge in [-0.15, -0.1) is 13.2 Å². The summed E-state index contributed by atoms with van der Waals surface area (Å²) in [5.74, 6) is -0.608. The zero-order chi connectivity index (χ0) is 23.6. The standard InChI is InChI=1S/C24H21F4N3OS/c1-15-3-10-22(21(25)11-15)30-17-4-9-20-16(13-29-2)14-31(23(20)12-17)33-19-7-5-18(6-8-19)32-24(26,27)28/h3-12,14,29-30H,13H2,1-2H3. The van der Waals surface area contributed by atoms with Crippen LogP contribution < -0.4 is 15.4 Å². The molecule has 0 saturated heterocycles. The molecule has 0 aliphatic rings. The number of alkyl halides is 3. The van der Waals surface area contributed by atoms with E-state index in [9.17, 15) is 17.6 Å². The number of halogens is 4. The monoisotopic (exact) mass is 475 g/mol. The summed E-state index contributed by atoms with van der Waals surface area (Å²) in [5, 5.41) is 7.27. The summed E-state index contributed by atoms with van der Waals surface area (Å²) >= 11 is 1.36. The maximum atomic E-state index is 14.3. The fraction of sp³-hybridized carbons (Fsp3) is 0.167. The van der Waals surface area contributed by atoms with E-state index < -0.39 is 6.36 Å². The van der Waals surface area contributed by atoms with Crippen LogP contribution in [0.5, 0.6) is 5.75 Å². The summed E-state index contributed by atoms with van der Waals surface area (Å²) in [7, 11) is 1.85. The van der Waals surface area contributed by atoms with E-state index in [1.54, 1.807) is 18.2 Å². The summed E-state index contributed by atoms with van der Waals surface area (Å²) in [6, 6.07) is 16.5. The predicted molar refractivity (Wildman–Crippen MR) is 124 cm³/mol. The fourth-order valence-electron chi connectivity index (χ4n) is 3.44. The van der Waals surface area contributed by atoms with Gasteiger partial charge in [-0.2, -0.15) is 0 Å². The highest BCUT2D eigenvalue weighted by atomic mass is 32.2. The van der Waals surface area contributed by atoms with Crippen LogP contribution in [0.3, 0.4) is 0 Å². The van der Waals surface area contributed by atoms with E-state index in [-0.39, 0.29) is 11.6 Å². The van der Waals surface area contributed by atoms with E-state index in [1.807, 2.05) is 48.4 Å². The number of nitrogens with zero attached hydrogens (tertiary/aromatic N) is 1. The molecule has 0 spiro atoms. The second-order valence-electron chi connectivity index (χ2n) is 7.46. The maximum absolute atomic E-state index is 14.3. The lowest BCUT2D eigenvalue weighted by atomic mass is 10.1. The van der Waals surface area contributed by atoms with Crippen LogP contribution >= 0.6 is 11.9 Å². The van der Waals surface area contributed by atoms with Crippen LogP contribution in [0.1, 0.15) is 11.1 Å². The van der Waals surface area contributed by atoms with Crippen molar-refractivity contribution in [3.05, 3.63) is 83.8 Å². The highest BCUT2D eigenvalue weighted by Crippen LogP contribution is 2.33. The van der Waals surface area contributed by atoms with E-state index in [0.717, 1.165) is 32.6 Å². The van der Waals surface area contributed by atoms with E-state index >= 15 is 0 Å². The molecule has 0 amide bonds. The van der Waals surface area contributed by atoms with Crippen molar-refractivity contribution in [1.29, 1.82) is 0 Å². The summed E-state index contributed by atoms with van der Waals surface area (Å²) < 4.78 is 57.4. The zero-order valence-corrected chi connectivity index (χ0v) is 18.7. The highest BCUT2D eigenvalue weighted by Gasteiger charge is 2.31. The Balaban J connectivity index is 1.64. The molecule has 0 aliphatic heterocycles. The van der Waals surface area contributed by atoms with Crippen molar-refractivity contribution in [1.82, 2.24) is 9.29 Å². The molecule has 9 heteroatoms. The molecule has 4 aromatic rings. The van der Waals surface area contributed by atoms with Gasteiger partial charge in [-0.25, -0.2) is 4.39 Å². The molecule has 0 unspecified atom stereocenters. The van der Waals surface area contributed by atoms with E-state index in [0.29, 0.717) is 12.2 Å². The Morgan fingerprint density at radius 2 is 1.76 bits per heavy atom. The van der Waals surface area contributed by atoms with Crippen molar-refractivity contribution in [3.8, 4) is 5.75 Å². The Bertz CT molecular complexity index is 1270. The van der Waals surface area contributed by atoms with Crippen molar-refractivity contribution in [2.45, 2.75) is 24.7 Å². The molecule has 3 aromatic carbocycles. The van der Waals surface area contributed by atoms with Crippen molar-refractivity contribution < 1.29 is 22.3 Å². The number of aromatic nitrogens is 1. The van der Waals surface area contributed by atoms with Gasteiger partial charge < -0.3 is 15.4 Å². The van der Waals surface area contributed by atoms with Gasteiger partial charge in [0, 0.05) is 28.7 Å². The molecule has 0 atom stereocenters. The Hall–Kier alpha value is -3.17. The molecule has 0 radical (unpaired) electrons. The molecule has 0 saturated carbocycles. The second-order valence-corrected chi connectivity index (χ2v) is 8.51. The average Bonchev–Trinajstić information content (AvgIpc) is 3.07. The molecule has 172 valence electrons. The minimum Gasteiger partial charge on any atom is -0.406 e. The first-order valence-electron chi connectivity index (χ1n) is 10.1. The highest BCUT2D eigenvalue weighted by molar-refractivity contribution is 7.98. The van der Waals surface area contributed by atoms with E-state index in [2.05, 4.69) is 15.4 Å². The third-order valence-electron chi connectivity index (χ3n) is 4.89. The first-order valence-corrected chi connectivity index (χ1v) is 10.8. The molecular weight excluding hydrogens is 454 g/mol. The first kappa shape index (κ1) is 23.0. The third-order valence-corrected chi connectivity index (χ3v) is 5.87. The molecule has 0 bridgehead atoms. The Morgan fingerprint density at radius 3 is 2.42 bits per heavy atom. The van der Waals surface area contributed by atoms with Gasteiger partial charge in [-0.3, -0.25) is 3.97 Å². The van der Waals surface area contributed by atoms with Gasteiger partial charge in [0.15, 0.2) is 0 Å². The molecule has 0 aliphatic carbocycles. The van der Waals surface area contributed by atoms with Gasteiger partial charge in [0.05, 0.1) is 11.2 Å². The quantitative estimate of drug-likeness (QED) is 0.282. The van der Waals surface area contributed by atoms with Crippen LogP contribution in [0.4, 0.5) is 28.9 Å². The van der Waals surface area contributed by atoms with Crippen molar-refractivity contribution in [2.75, 3.05) is 12.4 Å². The topological polar surface area (TPSA) is 38.2 Å². The lowest BCUT2D eigenvalue weighted by Gasteiger charge is -2.11. The number of anilines is 2. The number of aryl methyl sites for hydroxylation is 1. The van der Waals surface area contributed by atoms with Crippen molar-refractivity contribution in [2.24, 2.45) is 0 Å². The number of hydrogen-bond donors (Lipinski definition) is 2. The summed E-state index contributed by atoms with van der Waals surface area (Å²) in [4.78, 5) is 0.736. The lowest BCUT2D eigenvalue weighted by Crippen LogP contribution is -2.16. The SMILES string of the molecule is CNCc1cn(Sc2ccc(OC(F)(F)F)cc2)c2cc(Nc3ccc(C)cc3F)ccc12. The number of ether oxygens (including phenoxy) is 1. The molecule has 4 nitrogen and oxygen atoms in total. The van der Waals surface area contributed by atoms with Gasteiger partial charge in [0.2, 0.25) is 0 Å². The predicted octanol–water partition coefficient (Wildman–Crippen LogP) is 7.01. The fourth-order valence-corrected chi connectivity index (χ4v) is 4.36. The lowest BCUT2D eigenvalue weighted by molar-refractivity contribution is -0.274. The molecule has 1 heterocycles. The van der Waals surface area contributed by atoms with Crippen LogP contribution in [0, 0.1) is 12.7 Å². The third kappa shape index (κ3) is 5.61. The van der Waals surface area contributed by atoms with Crippen LogP contribution in [-0.2, 0) is 6.54 Å². The number of fused-ring (bicyclic) bond motifs is 1. The minimum absolute atomic E-state index is 0.272. The molecule has 0 fully saturated rings. The first-order chi connectivity index (χ1) is 15.7. The summed E-state index contributed by atoms with van der Waals surface area (Å²) in [6.45, 7) is 2.47. The van der Waals surface area contributed by atoms with Crippen LogP contribution in [0.15, 0.2) is 71.8 Å². The van der Waals surface area contributed by atoms with Gasteiger partial charge in [0.1, 0.15) is 11.6 Å². The van der Waals surface area contributed by atoms with Gasteiger partial charge in [0.25, 0.3) is 0 Å². The zero-order valence-electron chi connectivity index (χ0n) is 17.8. The Labute approximate surface area is 192 Å².